The molecule has 0 N–H and O–H groups in total. The third kappa shape index (κ3) is 2.22. The van der Waals surface area contributed by atoms with E-state index in [9.17, 15) is 0 Å². The summed E-state index contributed by atoms with van der Waals surface area (Å²) in [5, 5.41) is 9.64. The van der Waals surface area contributed by atoms with E-state index in [2.05, 4.69) is 43.4 Å². The van der Waals surface area contributed by atoms with E-state index in [4.69, 9.17) is 4.74 Å². The minimum atomic E-state index is 0.353. The average molecular weight is 302 g/mol. The maximum atomic E-state index is 5.80. The first-order chi connectivity index (χ1) is 10.3. The Morgan fingerprint density at radius 3 is 2.90 bits per heavy atom. The summed E-state index contributed by atoms with van der Waals surface area (Å²) in [5.41, 5.74) is 2.34. The second-order valence-corrected chi connectivity index (χ2v) is 6.45. The van der Waals surface area contributed by atoms with Crippen molar-refractivity contribution >= 4 is 28.6 Å². The Bertz CT molecular complexity index is 773. The van der Waals surface area contributed by atoms with Crippen LogP contribution in [0.4, 0.5) is 0 Å². The normalized spacial score (nSPS) is 19.6. The molecule has 1 aliphatic rings. The molecule has 0 amide bonds. The lowest BCUT2D eigenvalue weighted by Crippen LogP contribution is -2.21. The number of rotatable bonds is 3. The van der Waals surface area contributed by atoms with Crippen molar-refractivity contribution in [3.8, 4) is 0 Å². The Morgan fingerprint density at radius 2 is 2.10 bits per heavy atom. The van der Waals surface area contributed by atoms with E-state index in [0.29, 0.717) is 6.10 Å². The zero-order chi connectivity index (χ0) is 14.2. The van der Waals surface area contributed by atoms with Crippen LogP contribution in [-0.2, 0) is 11.8 Å². The molecule has 0 bridgehead atoms. The van der Waals surface area contributed by atoms with Crippen LogP contribution in [0.3, 0.4) is 0 Å². The quantitative estimate of drug-likeness (QED) is 0.698. The van der Waals surface area contributed by atoms with Crippen LogP contribution in [0.15, 0.2) is 29.4 Å². The Kier molecular flexibility index (Phi) is 3.35. The van der Waals surface area contributed by atoms with Crippen molar-refractivity contribution in [1.29, 1.82) is 0 Å². The molecule has 0 aliphatic carbocycles. The Morgan fingerprint density at radius 1 is 1.24 bits per heavy atom. The minimum absolute atomic E-state index is 0.353. The molecule has 6 heteroatoms. The molecule has 3 heterocycles. The van der Waals surface area contributed by atoms with E-state index in [0.717, 1.165) is 35.2 Å². The van der Waals surface area contributed by atoms with Crippen LogP contribution >= 0.6 is 11.8 Å². The second kappa shape index (κ2) is 5.35. The molecule has 4 rings (SSSR count). The zero-order valence-corrected chi connectivity index (χ0v) is 12.8. The van der Waals surface area contributed by atoms with Crippen molar-refractivity contribution in [2.24, 2.45) is 7.05 Å². The molecular formula is C15H18N4OS. The maximum Gasteiger partial charge on any atom is 0.236 e. The van der Waals surface area contributed by atoms with E-state index in [1.807, 2.05) is 7.05 Å². The highest BCUT2D eigenvalue weighted by Crippen LogP contribution is 2.27. The van der Waals surface area contributed by atoms with Gasteiger partial charge in [-0.25, -0.2) is 0 Å². The summed E-state index contributed by atoms with van der Waals surface area (Å²) in [6, 6.07) is 8.34. The van der Waals surface area contributed by atoms with Gasteiger partial charge in [-0.05, 0) is 31.4 Å². The summed E-state index contributed by atoms with van der Waals surface area (Å²) < 4.78 is 10.0. The molecule has 5 nitrogen and oxygen atoms in total. The van der Waals surface area contributed by atoms with Gasteiger partial charge in [0.1, 0.15) is 0 Å². The Balaban J connectivity index is 1.67. The van der Waals surface area contributed by atoms with Crippen LogP contribution in [0.25, 0.3) is 16.8 Å². The number of benzene rings is 1. The summed E-state index contributed by atoms with van der Waals surface area (Å²) in [5.74, 6) is 1.84. The van der Waals surface area contributed by atoms with Crippen LogP contribution in [0.2, 0.25) is 0 Å². The molecule has 2 aromatic heterocycles. The first kappa shape index (κ1) is 13.2. The number of thioether (sulfide) groups is 1. The van der Waals surface area contributed by atoms with Gasteiger partial charge in [0.05, 0.1) is 17.1 Å². The SMILES string of the molecule is Cn1c2ccccc2n2c(SCC3CCCCO3)nnc12. The van der Waals surface area contributed by atoms with Crippen molar-refractivity contribution < 1.29 is 4.74 Å². The van der Waals surface area contributed by atoms with Gasteiger partial charge in [0.2, 0.25) is 5.78 Å². The predicted molar refractivity (Wildman–Crippen MR) is 83.8 cm³/mol. The highest BCUT2D eigenvalue weighted by molar-refractivity contribution is 7.99. The van der Waals surface area contributed by atoms with E-state index in [-0.39, 0.29) is 0 Å². The molecule has 1 unspecified atom stereocenters. The first-order valence-electron chi connectivity index (χ1n) is 7.37. The van der Waals surface area contributed by atoms with Gasteiger partial charge in [-0.3, -0.25) is 4.40 Å². The summed E-state index contributed by atoms with van der Waals surface area (Å²) in [6.07, 6.45) is 3.98. The number of hydrogen-bond donors (Lipinski definition) is 0. The minimum Gasteiger partial charge on any atom is -0.377 e. The van der Waals surface area contributed by atoms with E-state index < -0.39 is 0 Å². The van der Waals surface area contributed by atoms with Crippen molar-refractivity contribution in [2.45, 2.75) is 30.5 Å². The second-order valence-electron chi connectivity index (χ2n) is 5.47. The summed E-state index contributed by atoms with van der Waals surface area (Å²) in [7, 11) is 2.03. The van der Waals surface area contributed by atoms with E-state index >= 15 is 0 Å². The van der Waals surface area contributed by atoms with Crippen molar-refractivity contribution in [1.82, 2.24) is 19.2 Å². The number of aromatic nitrogens is 4. The molecule has 1 aliphatic heterocycles. The number of fused-ring (bicyclic) bond motifs is 3. The van der Waals surface area contributed by atoms with Gasteiger partial charge in [0.25, 0.3) is 0 Å². The fourth-order valence-corrected chi connectivity index (χ4v) is 3.94. The number of ether oxygens (including phenoxy) is 1. The Labute approximate surface area is 127 Å². The van der Waals surface area contributed by atoms with Crippen molar-refractivity contribution in [3.63, 3.8) is 0 Å². The molecule has 21 heavy (non-hydrogen) atoms. The summed E-state index contributed by atoms with van der Waals surface area (Å²) >= 11 is 1.74. The number of aryl methyl sites for hydroxylation is 1. The largest absolute Gasteiger partial charge is 0.377 e. The highest BCUT2D eigenvalue weighted by Gasteiger charge is 2.18. The predicted octanol–water partition coefficient (Wildman–Crippen LogP) is 2.88. The zero-order valence-electron chi connectivity index (χ0n) is 12.0. The molecule has 1 fully saturated rings. The molecule has 1 aromatic carbocycles. The van der Waals surface area contributed by atoms with Gasteiger partial charge in [-0.1, -0.05) is 23.9 Å². The van der Waals surface area contributed by atoms with Gasteiger partial charge in [-0.15, -0.1) is 10.2 Å². The van der Waals surface area contributed by atoms with E-state index in [1.54, 1.807) is 11.8 Å². The number of hydrogen-bond acceptors (Lipinski definition) is 4. The first-order valence-corrected chi connectivity index (χ1v) is 8.36. The highest BCUT2D eigenvalue weighted by atomic mass is 32.2. The fraction of sp³-hybridized carbons (Fsp3) is 0.467. The lowest BCUT2D eigenvalue weighted by Gasteiger charge is -2.21. The third-order valence-corrected chi connectivity index (χ3v) is 5.13. The monoisotopic (exact) mass is 302 g/mol. The molecule has 1 saturated heterocycles. The van der Waals surface area contributed by atoms with Crippen LogP contribution in [0, 0.1) is 0 Å². The number of nitrogens with zero attached hydrogens (tertiary/aromatic N) is 4. The lowest BCUT2D eigenvalue weighted by molar-refractivity contribution is 0.0315. The molecular weight excluding hydrogens is 284 g/mol. The average Bonchev–Trinajstić information content (AvgIpc) is 3.07. The standard InChI is InChI=1S/C15H18N4OS/c1-18-12-7-2-3-8-13(12)19-14(18)16-17-15(19)21-10-11-6-4-5-9-20-11/h2-3,7-8,11H,4-6,9-10H2,1H3. The fourth-order valence-electron chi connectivity index (χ4n) is 2.93. The third-order valence-electron chi connectivity index (χ3n) is 4.07. The summed E-state index contributed by atoms with van der Waals surface area (Å²) in [6.45, 7) is 0.898. The number of para-hydroxylation sites is 2. The lowest BCUT2D eigenvalue weighted by atomic mass is 10.1. The van der Waals surface area contributed by atoms with Crippen LogP contribution in [-0.4, -0.2) is 37.6 Å². The van der Waals surface area contributed by atoms with Crippen LogP contribution < -0.4 is 0 Å². The van der Waals surface area contributed by atoms with E-state index in [1.165, 1.54) is 18.4 Å². The summed E-state index contributed by atoms with van der Waals surface area (Å²) in [4.78, 5) is 0. The van der Waals surface area contributed by atoms with Crippen LogP contribution in [0.5, 0.6) is 0 Å². The molecule has 0 spiro atoms. The van der Waals surface area contributed by atoms with Gasteiger partial charge in [0, 0.05) is 19.4 Å². The van der Waals surface area contributed by atoms with Gasteiger partial charge < -0.3 is 9.30 Å². The van der Waals surface area contributed by atoms with Gasteiger partial charge >= 0.3 is 0 Å². The van der Waals surface area contributed by atoms with Crippen molar-refractivity contribution in [3.05, 3.63) is 24.3 Å². The van der Waals surface area contributed by atoms with Crippen LogP contribution in [0.1, 0.15) is 19.3 Å². The molecule has 0 radical (unpaired) electrons. The Hall–Kier alpha value is -1.53. The smallest absolute Gasteiger partial charge is 0.236 e. The molecule has 0 saturated carbocycles. The topological polar surface area (TPSA) is 44.4 Å². The van der Waals surface area contributed by atoms with Crippen molar-refractivity contribution in [2.75, 3.05) is 12.4 Å². The number of imidazole rings is 1. The molecule has 110 valence electrons. The molecule has 1 atom stereocenters. The maximum absolute atomic E-state index is 5.80. The molecule has 3 aromatic rings. The van der Waals surface area contributed by atoms with Gasteiger partial charge in [0.15, 0.2) is 5.16 Å². The van der Waals surface area contributed by atoms with Gasteiger partial charge in [-0.2, -0.15) is 0 Å².